The molecule has 0 saturated heterocycles. The Morgan fingerprint density at radius 2 is 1.64 bits per heavy atom. The summed E-state index contributed by atoms with van der Waals surface area (Å²) < 4.78 is 0. The van der Waals surface area contributed by atoms with Crippen molar-refractivity contribution in [1.29, 1.82) is 0 Å². The number of hydrogen-bond acceptors (Lipinski definition) is 3. The fourth-order valence-electron chi connectivity index (χ4n) is 2.45. The minimum atomic E-state index is -0.338. The number of nitrogens with one attached hydrogen (secondary N) is 3. The van der Waals surface area contributed by atoms with Crippen molar-refractivity contribution in [3.63, 3.8) is 0 Å². The normalized spacial score (nSPS) is 10.4. The number of hydrogen-bond donors (Lipinski definition) is 3. The fraction of sp³-hybridized carbons (Fsp3) is 0.300. The van der Waals surface area contributed by atoms with Gasteiger partial charge < -0.3 is 5.32 Å². The number of hydrazine groups is 1. The predicted octanol–water partition coefficient (Wildman–Crippen LogP) is 3.30. The van der Waals surface area contributed by atoms with Crippen molar-refractivity contribution in [3.8, 4) is 0 Å². The van der Waals surface area contributed by atoms with Crippen LogP contribution < -0.4 is 16.2 Å². The second-order valence-corrected chi connectivity index (χ2v) is 6.45. The molecule has 2 aromatic rings. The molecule has 0 fully saturated rings. The Hall–Kier alpha value is -2.82. The average molecular weight is 339 g/mol. The second kappa shape index (κ2) is 8.33. The first-order chi connectivity index (χ1) is 11.9. The molecule has 5 nitrogen and oxygen atoms in total. The van der Waals surface area contributed by atoms with E-state index in [0.717, 1.165) is 11.3 Å². The first kappa shape index (κ1) is 18.5. The fourth-order valence-corrected chi connectivity index (χ4v) is 2.45. The van der Waals surface area contributed by atoms with Gasteiger partial charge in [-0.3, -0.25) is 20.4 Å². The van der Waals surface area contributed by atoms with E-state index in [9.17, 15) is 9.59 Å². The van der Waals surface area contributed by atoms with Crippen LogP contribution in [-0.2, 0) is 4.79 Å². The number of amides is 2. The van der Waals surface area contributed by atoms with Crippen LogP contribution in [0, 0.1) is 13.8 Å². The van der Waals surface area contributed by atoms with Gasteiger partial charge in [0.25, 0.3) is 11.8 Å². The summed E-state index contributed by atoms with van der Waals surface area (Å²) in [5.41, 5.74) is 9.66. The van der Waals surface area contributed by atoms with Gasteiger partial charge in [0.2, 0.25) is 0 Å². The molecule has 25 heavy (non-hydrogen) atoms. The van der Waals surface area contributed by atoms with Crippen molar-refractivity contribution >= 4 is 17.5 Å². The van der Waals surface area contributed by atoms with Gasteiger partial charge >= 0.3 is 0 Å². The van der Waals surface area contributed by atoms with Crippen LogP contribution >= 0.6 is 0 Å². The first-order valence-electron chi connectivity index (χ1n) is 8.37. The standard InChI is InChI=1S/C20H25N3O2/c1-13(2)16-6-8-17(9-7-16)20(25)23-22-19(24)12-21-18-10-5-14(3)11-15(18)4/h5-11,13,21H,12H2,1-4H3,(H,22,24)(H,23,25). The molecule has 3 N–H and O–H groups in total. The van der Waals surface area contributed by atoms with Crippen LogP contribution in [0.5, 0.6) is 0 Å². The molecule has 0 aliphatic carbocycles. The summed E-state index contributed by atoms with van der Waals surface area (Å²) in [4.78, 5) is 23.9. The molecule has 0 aromatic heterocycles. The van der Waals surface area contributed by atoms with Gasteiger partial charge in [-0.15, -0.1) is 0 Å². The Kier molecular flexibility index (Phi) is 6.17. The SMILES string of the molecule is Cc1ccc(NCC(=O)NNC(=O)c2ccc(C(C)C)cc2)c(C)c1. The van der Waals surface area contributed by atoms with Gasteiger partial charge in [-0.2, -0.15) is 0 Å². The highest BCUT2D eigenvalue weighted by Gasteiger charge is 2.08. The number of benzene rings is 2. The second-order valence-electron chi connectivity index (χ2n) is 6.45. The van der Waals surface area contributed by atoms with Crippen molar-refractivity contribution in [1.82, 2.24) is 10.9 Å². The van der Waals surface area contributed by atoms with E-state index in [2.05, 4.69) is 30.0 Å². The topological polar surface area (TPSA) is 70.2 Å². The molecule has 0 aliphatic rings. The van der Waals surface area contributed by atoms with Crippen LogP contribution in [0.3, 0.4) is 0 Å². The molecule has 2 aromatic carbocycles. The Morgan fingerprint density at radius 1 is 0.960 bits per heavy atom. The number of anilines is 1. The molecule has 0 bridgehead atoms. The van der Waals surface area contributed by atoms with E-state index >= 15 is 0 Å². The smallest absolute Gasteiger partial charge is 0.269 e. The molecule has 0 unspecified atom stereocenters. The summed E-state index contributed by atoms with van der Waals surface area (Å²) >= 11 is 0. The van der Waals surface area contributed by atoms with Crippen molar-refractivity contribution < 1.29 is 9.59 Å². The van der Waals surface area contributed by atoms with Gasteiger partial charge in [0.05, 0.1) is 6.54 Å². The number of aryl methyl sites for hydroxylation is 2. The number of rotatable bonds is 5. The summed E-state index contributed by atoms with van der Waals surface area (Å²) in [5, 5.41) is 3.06. The van der Waals surface area contributed by atoms with Gasteiger partial charge in [0, 0.05) is 11.3 Å². The molecule has 2 rings (SSSR count). The molecule has 132 valence electrons. The monoisotopic (exact) mass is 339 g/mol. The zero-order valence-electron chi connectivity index (χ0n) is 15.1. The Morgan fingerprint density at radius 3 is 2.24 bits per heavy atom. The van der Waals surface area contributed by atoms with Crippen molar-refractivity contribution in [2.24, 2.45) is 0 Å². The van der Waals surface area contributed by atoms with E-state index in [0.29, 0.717) is 11.5 Å². The zero-order chi connectivity index (χ0) is 18.4. The highest BCUT2D eigenvalue weighted by Crippen LogP contribution is 2.16. The van der Waals surface area contributed by atoms with Crippen molar-refractivity contribution in [2.45, 2.75) is 33.6 Å². The highest BCUT2D eigenvalue weighted by atomic mass is 16.2. The zero-order valence-corrected chi connectivity index (χ0v) is 15.1. The van der Waals surface area contributed by atoms with E-state index in [1.54, 1.807) is 12.1 Å². The molecule has 0 heterocycles. The summed E-state index contributed by atoms with van der Waals surface area (Å²) in [6.45, 7) is 8.27. The first-order valence-corrected chi connectivity index (χ1v) is 8.37. The average Bonchev–Trinajstić information content (AvgIpc) is 2.59. The Labute approximate surface area is 148 Å². The summed E-state index contributed by atoms with van der Waals surface area (Å²) in [6, 6.07) is 13.3. The Bertz CT molecular complexity index is 752. The third-order valence-electron chi connectivity index (χ3n) is 3.98. The third kappa shape index (κ3) is 5.35. The van der Waals surface area contributed by atoms with Crippen LogP contribution in [0.1, 0.15) is 46.8 Å². The van der Waals surface area contributed by atoms with Gasteiger partial charge in [0.1, 0.15) is 0 Å². The van der Waals surface area contributed by atoms with Crippen LogP contribution in [0.4, 0.5) is 5.69 Å². The maximum absolute atomic E-state index is 12.0. The minimum absolute atomic E-state index is 0.0798. The molecule has 0 aliphatic heterocycles. The lowest BCUT2D eigenvalue weighted by molar-refractivity contribution is -0.120. The van der Waals surface area contributed by atoms with Crippen LogP contribution in [-0.4, -0.2) is 18.4 Å². The Balaban J connectivity index is 1.81. The molecule has 0 atom stereocenters. The lowest BCUT2D eigenvalue weighted by Gasteiger charge is -2.11. The van der Waals surface area contributed by atoms with E-state index in [1.165, 1.54) is 11.1 Å². The van der Waals surface area contributed by atoms with E-state index < -0.39 is 0 Å². The lowest BCUT2D eigenvalue weighted by atomic mass is 10.0. The molecule has 0 radical (unpaired) electrons. The minimum Gasteiger partial charge on any atom is -0.376 e. The highest BCUT2D eigenvalue weighted by molar-refractivity contribution is 5.95. The predicted molar refractivity (Wildman–Crippen MR) is 101 cm³/mol. The van der Waals surface area contributed by atoms with Gasteiger partial charge in [-0.1, -0.05) is 43.7 Å². The van der Waals surface area contributed by atoms with Gasteiger partial charge in [-0.05, 0) is 49.1 Å². The molecule has 0 spiro atoms. The van der Waals surface area contributed by atoms with Crippen LogP contribution in [0.2, 0.25) is 0 Å². The van der Waals surface area contributed by atoms with Crippen LogP contribution in [0.25, 0.3) is 0 Å². The summed E-state index contributed by atoms with van der Waals surface area (Å²) in [5.74, 6) is -0.240. The maximum Gasteiger partial charge on any atom is 0.269 e. The largest absolute Gasteiger partial charge is 0.376 e. The summed E-state index contributed by atoms with van der Waals surface area (Å²) in [7, 11) is 0. The van der Waals surface area contributed by atoms with Crippen LogP contribution in [0.15, 0.2) is 42.5 Å². The maximum atomic E-state index is 12.0. The quantitative estimate of drug-likeness (QED) is 0.732. The lowest BCUT2D eigenvalue weighted by Crippen LogP contribution is -2.44. The van der Waals surface area contributed by atoms with Gasteiger partial charge in [0.15, 0.2) is 0 Å². The molecule has 5 heteroatoms. The van der Waals surface area contributed by atoms with E-state index in [-0.39, 0.29) is 18.4 Å². The molecular weight excluding hydrogens is 314 g/mol. The number of carbonyl (C=O) groups is 2. The van der Waals surface area contributed by atoms with E-state index in [1.807, 2.05) is 44.2 Å². The molecule has 2 amide bonds. The van der Waals surface area contributed by atoms with Gasteiger partial charge in [-0.25, -0.2) is 0 Å². The van der Waals surface area contributed by atoms with E-state index in [4.69, 9.17) is 0 Å². The van der Waals surface area contributed by atoms with Crippen molar-refractivity contribution in [2.75, 3.05) is 11.9 Å². The third-order valence-corrected chi connectivity index (χ3v) is 3.98. The molecule has 0 saturated carbocycles. The molecular formula is C20H25N3O2. The van der Waals surface area contributed by atoms with Crippen molar-refractivity contribution in [3.05, 3.63) is 64.7 Å². The number of carbonyl (C=O) groups excluding carboxylic acids is 2. The summed E-state index contributed by atoms with van der Waals surface area (Å²) in [6.07, 6.45) is 0.